The summed E-state index contributed by atoms with van der Waals surface area (Å²) < 4.78 is 16.7. The zero-order valence-corrected chi connectivity index (χ0v) is 20.0. The van der Waals surface area contributed by atoms with Gasteiger partial charge in [-0.25, -0.2) is 19.7 Å². The number of fused-ring (bicyclic) bond motifs is 1. The van der Waals surface area contributed by atoms with Crippen molar-refractivity contribution in [2.45, 2.75) is 44.2 Å². The van der Waals surface area contributed by atoms with E-state index in [1.807, 2.05) is 18.2 Å². The topological polar surface area (TPSA) is 111 Å². The second kappa shape index (κ2) is 10.2. The summed E-state index contributed by atoms with van der Waals surface area (Å²) in [6, 6.07) is 7.07. The van der Waals surface area contributed by atoms with Crippen LogP contribution in [0.2, 0.25) is 0 Å². The molecule has 1 saturated carbocycles. The third kappa shape index (κ3) is 5.16. The first-order chi connectivity index (χ1) is 17.1. The number of amides is 2. The number of rotatable bonds is 7. The lowest BCUT2D eigenvalue weighted by Crippen LogP contribution is -2.39. The number of carbonyl (C=O) groups excluding carboxylic acids is 1. The Morgan fingerprint density at radius 1 is 1.03 bits per heavy atom. The largest absolute Gasteiger partial charge is 0.493 e. The van der Waals surface area contributed by atoms with Crippen molar-refractivity contribution in [1.29, 1.82) is 0 Å². The van der Waals surface area contributed by atoms with Gasteiger partial charge in [0.05, 0.1) is 31.6 Å². The van der Waals surface area contributed by atoms with E-state index in [4.69, 9.17) is 14.2 Å². The molecule has 2 amide bonds. The number of pyridine rings is 1. The maximum absolute atomic E-state index is 12.6. The number of hydrogen-bond acceptors (Lipinski definition) is 8. The van der Waals surface area contributed by atoms with Crippen LogP contribution in [0.1, 0.15) is 32.1 Å². The Kier molecular flexibility index (Phi) is 6.69. The lowest BCUT2D eigenvalue weighted by atomic mass is 10.2. The Bertz CT molecular complexity index is 1180. The normalized spacial score (nSPS) is 18.0. The minimum absolute atomic E-state index is 0.0157. The standard InChI is InChI=1S/C25H30N6O4/c1-33-21-11-19-20(12-22(21)34-2)27-15-28-24(19)31-10-9-17(14-31)30-25(32)29-16-7-8-23(26-13-16)35-18-5-3-4-6-18/h7-8,11-13,15,17-18H,3-6,9-10,14H2,1-2H3,(H2,29,30,32). The van der Waals surface area contributed by atoms with Crippen molar-refractivity contribution >= 4 is 28.4 Å². The maximum atomic E-state index is 12.6. The van der Waals surface area contributed by atoms with Gasteiger partial charge < -0.3 is 29.7 Å². The summed E-state index contributed by atoms with van der Waals surface area (Å²) in [6.45, 7) is 1.40. The average molecular weight is 479 g/mol. The highest BCUT2D eigenvalue weighted by atomic mass is 16.5. The summed E-state index contributed by atoms with van der Waals surface area (Å²) in [6.07, 6.45) is 8.80. The highest BCUT2D eigenvalue weighted by Gasteiger charge is 2.27. The van der Waals surface area contributed by atoms with Gasteiger partial charge in [-0.05, 0) is 44.2 Å². The number of ether oxygens (including phenoxy) is 3. The van der Waals surface area contributed by atoms with Crippen LogP contribution in [-0.4, -0.2) is 60.4 Å². The number of hydrogen-bond donors (Lipinski definition) is 2. The molecule has 1 saturated heterocycles. The molecule has 1 aliphatic carbocycles. The van der Waals surface area contributed by atoms with Crippen LogP contribution in [0, 0.1) is 0 Å². The van der Waals surface area contributed by atoms with E-state index in [1.165, 1.54) is 12.8 Å². The molecule has 2 N–H and O–H groups in total. The molecule has 3 heterocycles. The van der Waals surface area contributed by atoms with Crippen LogP contribution >= 0.6 is 0 Å². The van der Waals surface area contributed by atoms with Crippen LogP contribution in [0.3, 0.4) is 0 Å². The summed E-state index contributed by atoms with van der Waals surface area (Å²) in [5, 5.41) is 6.79. The van der Waals surface area contributed by atoms with Gasteiger partial charge in [-0.3, -0.25) is 0 Å². The number of aromatic nitrogens is 3. The van der Waals surface area contributed by atoms with Gasteiger partial charge in [0.2, 0.25) is 5.88 Å². The number of anilines is 2. The van der Waals surface area contributed by atoms with E-state index in [1.54, 1.807) is 32.8 Å². The van der Waals surface area contributed by atoms with Crippen LogP contribution in [0.15, 0.2) is 36.8 Å². The number of benzene rings is 1. The molecule has 1 aromatic carbocycles. The summed E-state index contributed by atoms with van der Waals surface area (Å²) in [5.41, 5.74) is 1.40. The molecule has 0 bridgehead atoms. The molecule has 0 spiro atoms. The van der Waals surface area contributed by atoms with Gasteiger partial charge in [-0.15, -0.1) is 0 Å². The predicted molar refractivity (Wildman–Crippen MR) is 133 cm³/mol. The molecule has 2 aromatic heterocycles. The number of nitrogens with one attached hydrogen (secondary N) is 2. The summed E-state index contributed by atoms with van der Waals surface area (Å²) in [4.78, 5) is 28.0. The summed E-state index contributed by atoms with van der Waals surface area (Å²) in [7, 11) is 3.20. The average Bonchev–Trinajstić information content (AvgIpc) is 3.56. The Morgan fingerprint density at radius 2 is 1.83 bits per heavy atom. The Labute approximate surface area is 204 Å². The third-order valence-corrected chi connectivity index (χ3v) is 6.53. The Balaban J connectivity index is 1.19. The van der Waals surface area contributed by atoms with Gasteiger partial charge >= 0.3 is 6.03 Å². The van der Waals surface area contributed by atoms with Crippen LogP contribution < -0.4 is 29.7 Å². The van der Waals surface area contributed by atoms with Crippen molar-refractivity contribution < 1.29 is 19.0 Å². The molecule has 1 unspecified atom stereocenters. The first-order valence-electron chi connectivity index (χ1n) is 11.9. The zero-order chi connectivity index (χ0) is 24.2. The van der Waals surface area contributed by atoms with E-state index in [0.717, 1.165) is 42.5 Å². The molecule has 2 aliphatic rings. The fourth-order valence-corrected chi connectivity index (χ4v) is 4.75. The van der Waals surface area contributed by atoms with Crippen molar-refractivity contribution in [3.8, 4) is 17.4 Å². The van der Waals surface area contributed by atoms with E-state index in [-0.39, 0.29) is 18.2 Å². The van der Waals surface area contributed by atoms with Gasteiger partial charge in [0.15, 0.2) is 11.5 Å². The minimum atomic E-state index is -0.262. The Hall–Kier alpha value is -3.82. The Morgan fingerprint density at radius 3 is 2.57 bits per heavy atom. The molecule has 10 heteroatoms. The van der Waals surface area contributed by atoms with Crippen molar-refractivity contribution in [2.75, 3.05) is 37.5 Å². The monoisotopic (exact) mass is 478 g/mol. The molecule has 1 atom stereocenters. The second-order valence-electron chi connectivity index (χ2n) is 8.86. The molecular formula is C25H30N6O4. The predicted octanol–water partition coefficient (Wildman–Crippen LogP) is 3.76. The van der Waals surface area contributed by atoms with Crippen LogP contribution in [0.4, 0.5) is 16.3 Å². The lowest BCUT2D eigenvalue weighted by Gasteiger charge is -2.20. The zero-order valence-electron chi connectivity index (χ0n) is 20.0. The van der Waals surface area contributed by atoms with E-state index < -0.39 is 0 Å². The van der Waals surface area contributed by atoms with Gasteiger partial charge in [0.25, 0.3) is 0 Å². The van der Waals surface area contributed by atoms with Crippen molar-refractivity contribution in [1.82, 2.24) is 20.3 Å². The molecule has 2 fully saturated rings. The van der Waals surface area contributed by atoms with Crippen molar-refractivity contribution in [3.05, 3.63) is 36.8 Å². The van der Waals surface area contributed by atoms with Gasteiger partial charge in [-0.2, -0.15) is 0 Å². The van der Waals surface area contributed by atoms with Gasteiger partial charge in [-0.1, -0.05) is 0 Å². The second-order valence-corrected chi connectivity index (χ2v) is 8.86. The fourth-order valence-electron chi connectivity index (χ4n) is 4.75. The van der Waals surface area contributed by atoms with Gasteiger partial charge in [0, 0.05) is 36.7 Å². The van der Waals surface area contributed by atoms with Crippen LogP contribution in [-0.2, 0) is 0 Å². The first-order valence-corrected chi connectivity index (χ1v) is 11.9. The smallest absolute Gasteiger partial charge is 0.319 e. The SMILES string of the molecule is COc1cc2ncnc(N3CCC(NC(=O)Nc4ccc(OC5CCCC5)nc4)C3)c2cc1OC. The van der Waals surface area contributed by atoms with Crippen LogP contribution in [0.5, 0.6) is 17.4 Å². The molecule has 10 nitrogen and oxygen atoms in total. The number of methoxy groups -OCH3 is 2. The molecule has 5 rings (SSSR count). The van der Waals surface area contributed by atoms with E-state index >= 15 is 0 Å². The maximum Gasteiger partial charge on any atom is 0.319 e. The van der Waals surface area contributed by atoms with Crippen LogP contribution in [0.25, 0.3) is 10.9 Å². The van der Waals surface area contributed by atoms with E-state index in [2.05, 4.69) is 30.5 Å². The lowest BCUT2D eigenvalue weighted by molar-refractivity contribution is 0.201. The molecule has 35 heavy (non-hydrogen) atoms. The number of urea groups is 1. The first kappa shape index (κ1) is 22.9. The molecule has 0 radical (unpaired) electrons. The molecule has 184 valence electrons. The molecule has 1 aliphatic heterocycles. The molecular weight excluding hydrogens is 448 g/mol. The highest BCUT2D eigenvalue weighted by molar-refractivity contribution is 5.92. The highest BCUT2D eigenvalue weighted by Crippen LogP contribution is 2.35. The van der Waals surface area contributed by atoms with Crippen molar-refractivity contribution in [3.63, 3.8) is 0 Å². The molecule has 3 aromatic rings. The van der Waals surface area contributed by atoms with Crippen molar-refractivity contribution in [2.24, 2.45) is 0 Å². The number of carbonyl (C=O) groups is 1. The van der Waals surface area contributed by atoms with E-state index in [9.17, 15) is 4.79 Å². The fraction of sp³-hybridized carbons (Fsp3) is 0.440. The van der Waals surface area contributed by atoms with Gasteiger partial charge in [0.1, 0.15) is 18.2 Å². The summed E-state index contributed by atoms with van der Waals surface area (Å²) >= 11 is 0. The number of nitrogens with zero attached hydrogens (tertiary/aromatic N) is 4. The van der Waals surface area contributed by atoms with E-state index in [0.29, 0.717) is 29.6 Å². The quantitative estimate of drug-likeness (QED) is 0.528. The summed E-state index contributed by atoms with van der Waals surface area (Å²) in [5.74, 6) is 2.65. The minimum Gasteiger partial charge on any atom is -0.493 e. The third-order valence-electron chi connectivity index (χ3n) is 6.53.